The molecule has 1 atom stereocenters. The van der Waals surface area contributed by atoms with E-state index in [9.17, 15) is 4.79 Å². The van der Waals surface area contributed by atoms with E-state index in [0.29, 0.717) is 5.95 Å². The van der Waals surface area contributed by atoms with E-state index >= 15 is 0 Å². The second kappa shape index (κ2) is 5.29. The van der Waals surface area contributed by atoms with Crippen molar-refractivity contribution < 1.29 is 4.79 Å². The summed E-state index contributed by atoms with van der Waals surface area (Å²) in [5.74, 6) is 0.589. The Hall–Kier alpha value is -1.65. The average molecular weight is 208 g/mol. The maximum atomic E-state index is 11.5. The summed E-state index contributed by atoms with van der Waals surface area (Å²) in [5, 5.41) is 5.60. The topological polar surface area (TPSA) is 66.9 Å². The van der Waals surface area contributed by atoms with Crippen molar-refractivity contribution in [2.24, 2.45) is 5.92 Å². The molecule has 0 aliphatic carbocycles. The van der Waals surface area contributed by atoms with E-state index in [4.69, 9.17) is 0 Å². The molecule has 1 rings (SSSR count). The van der Waals surface area contributed by atoms with Gasteiger partial charge < -0.3 is 10.6 Å². The molecule has 0 aromatic carbocycles. The van der Waals surface area contributed by atoms with Gasteiger partial charge in [-0.05, 0) is 12.0 Å². The molecular weight excluding hydrogens is 192 g/mol. The third-order valence-electron chi connectivity index (χ3n) is 2.05. The second-order valence-electron chi connectivity index (χ2n) is 3.55. The molecule has 5 nitrogen and oxygen atoms in total. The summed E-state index contributed by atoms with van der Waals surface area (Å²) in [6.07, 6.45) is 3.27. The SMILES string of the molecule is CNC(=O)C(Nc1ncccn1)C(C)C. The first kappa shape index (κ1) is 11.4. The average Bonchev–Trinajstić information content (AvgIpc) is 2.26. The Morgan fingerprint density at radius 1 is 1.33 bits per heavy atom. The van der Waals surface area contributed by atoms with Crippen LogP contribution in [0.3, 0.4) is 0 Å². The molecule has 0 aliphatic heterocycles. The van der Waals surface area contributed by atoms with Gasteiger partial charge in [0.2, 0.25) is 11.9 Å². The van der Waals surface area contributed by atoms with Crippen molar-refractivity contribution in [3.63, 3.8) is 0 Å². The molecule has 0 spiro atoms. The van der Waals surface area contributed by atoms with E-state index in [0.717, 1.165) is 0 Å². The number of hydrogen-bond donors (Lipinski definition) is 2. The Bertz CT molecular complexity index is 312. The minimum Gasteiger partial charge on any atom is -0.357 e. The van der Waals surface area contributed by atoms with Gasteiger partial charge in [0, 0.05) is 19.4 Å². The highest BCUT2D eigenvalue weighted by atomic mass is 16.2. The summed E-state index contributed by atoms with van der Waals surface area (Å²) in [6.45, 7) is 3.94. The second-order valence-corrected chi connectivity index (χ2v) is 3.55. The number of aromatic nitrogens is 2. The molecule has 0 radical (unpaired) electrons. The third-order valence-corrected chi connectivity index (χ3v) is 2.05. The summed E-state index contributed by atoms with van der Waals surface area (Å²) in [5.41, 5.74) is 0. The highest BCUT2D eigenvalue weighted by Crippen LogP contribution is 2.07. The number of nitrogens with one attached hydrogen (secondary N) is 2. The summed E-state index contributed by atoms with van der Waals surface area (Å²) < 4.78 is 0. The molecule has 1 heterocycles. The fourth-order valence-electron chi connectivity index (χ4n) is 1.20. The molecule has 2 N–H and O–H groups in total. The van der Waals surface area contributed by atoms with Crippen molar-refractivity contribution >= 4 is 11.9 Å². The van der Waals surface area contributed by atoms with E-state index in [1.807, 2.05) is 13.8 Å². The van der Waals surface area contributed by atoms with Gasteiger partial charge in [-0.3, -0.25) is 4.79 Å². The lowest BCUT2D eigenvalue weighted by molar-refractivity contribution is -0.122. The van der Waals surface area contributed by atoms with E-state index in [-0.39, 0.29) is 17.9 Å². The Kier molecular flexibility index (Phi) is 4.03. The van der Waals surface area contributed by atoms with E-state index in [1.54, 1.807) is 25.5 Å². The van der Waals surface area contributed by atoms with Gasteiger partial charge in [0.1, 0.15) is 6.04 Å². The minimum atomic E-state index is -0.308. The van der Waals surface area contributed by atoms with Crippen molar-refractivity contribution in [3.05, 3.63) is 18.5 Å². The van der Waals surface area contributed by atoms with Gasteiger partial charge in [-0.2, -0.15) is 0 Å². The first-order chi connectivity index (χ1) is 7.15. The Labute approximate surface area is 89.3 Å². The number of rotatable bonds is 4. The van der Waals surface area contributed by atoms with Crippen LogP contribution in [0.1, 0.15) is 13.8 Å². The van der Waals surface area contributed by atoms with E-state index < -0.39 is 0 Å². The molecule has 0 aliphatic rings. The third kappa shape index (κ3) is 3.19. The molecule has 0 fully saturated rings. The highest BCUT2D eigenvalue weighted by molar-refractivity contribution is 5.84. The number of anilines is 1. The molecule has 0 bridgehead atoms. The van der Waals surface area contributed by atoms with E-state index in [1.165, 1.54) is 0 Å². The van der Waals surface area contributed by atoms with Crippen LogP contribution < -0.4 is 10.6 Å². The van der Waals surface area contributed by atoms with Crippen LogP contribution in [0.15, 0.2) is 18.5 Å². The molecule has 1 aromatic heterocycles. The van der Waals surface area contributed by atoms with Crippen molar-refractivity contribution in [1.29, 1.82) is 0 Å². The van der Waals surface area contributed by atoms with Crippen LogP contribution in [0.4, 0.5) is 5.95 Å². The number of likely N-dealkylation sites (N-methyl/N-ethyl adjacent to an activating group) is 1. The van der Waals surface area contributed by atoms with E-state index in [2.05, 4.69) is 20.6 Å². The summed E-state index contributed by atoms with van der Waals surface area (Å²) >= 11 is 0. The zero-order valence-electron chi connectivity index (χ0n) is 9.19. The molecular formula is C10H16N4O. The molecule has 0 saturated carbocycles. The van der Waals surface area contributed by atoms with Crippen molar-refractivity contribution in [3.8, 4) is 0 Å². The molecule has 15 heavy (non-hydrogen) atoms. The predicted molar refractivity (Wildman–Crippen MR) is 58.3 cm³/mol. The lowest BCUT2D eigenvalue weighted by Crippen LogP contribution is -2.41. The lowest BCUT2D eigenvalue weighted by atomic mass is 10.0. The van der Waals surface area contributed by atoms with Gasteiger partial charge in [-0.25, -0.2) is 9.97 Å². The van der Waals surface area contributed by atoms with Crippen LogP contribution in [0, 0.1) is 5.92 Å². The first-order valence-corrected chi connectivity index (χ1v) is 4.90. The number of carbonyl (C=O) groups excluding carboxylic acids is 1. The van der Waals surface area contributed by atoms with Gasteiger partial charge in [0.15, 0.2) is 0 Å². The Balaban J connectivity index is 2.72. The molecule has 82 valence electrons. The minimum absolute atomic E-state index is 0.0579. The number of nitrogens with zero attached hydrogens (tertiary/aromatic N) is 2. The number of hydrogen-bond acceptors (Lipinski definition) is 4. The summed E-state index contributed by atoms with van der Waals surface area (Å²) in [7, 11) is 1.62. The van der Waals surface area contributed by atoms with Gasteiger partial charge in [0.05, 0.1) is 0 Å². The normalized spacial score (nSPS) is 12.3. The number of amides is 1. The molecule has 5 heteroatoms. The zero-order chi connectivity index (χ0) is 11.3. The summed E-state index contributed by atoms with van der Waals surface area (Å²) in [6, 6.07) is 1.42. The van der Waals surface area contributed by atoms with Crippen LogP contribution >= 0.6 is 0 Å². The fraction of sp³-hybridized carbons (Fsp3) is 0.500. The summed E-state index contributed by atoms with van der Waals surface area (Å²) in [4.78, 5) is 19.6. The van der Waals surface area contributed by atoms with Gasteiger partial charge in [0.25, 0.3) is 0 Å². The van der Waals surface area contributed by atoms with Crippen LogP contribution in [0.5, 0.6) is 0 Å². The van der Waals surface area contributed by atoms with Crippen LogP contribution in [-0.4, -0.2) is 29.0 Å². The largest absolute Gasteiger partial charge is 0.357 e. The van der Waals surface area contributed by atoms with Crippen molar-refractivity contribution in [2.75, 3.05) is 12.4 Å². The van der Waals surface area contributed by atoms with Gasteiger partial charge >= 0.3 is 0 Å². The quantitative estimate of drug-likeness (QED) is 0.762. The maximum Gasteiger partial charge on any atom is 0.242 e. The predicted octanol–water partition coefficient (Wildman–Crippen LogP) is 0.659. The fourth-order valence-corrected chi connectivity index (χ4v) is 1.20. The Morgan fingerprint density at radius 3 is 2.40 bits per heavy atom. The smallest absolute Gasteiger partial charge is 0.242 e. The van der Waals surface area contributed by atoms with Crippen LogP contribution in [0.25, 0.3) is 0 Å². The standard InChI is InChI=1S/C10H16N4O/c1-7(2)8(9(15)11-3)14-10-12-5-4-6-13-10/h4-8H,1-3H3,(H,11,15)(H,12,13,14). The molecule has 0 saturated heterocycles. The Morgan fingerprint density at radius 2 is 1.93 bits per heavy atom. The number of carbonyl (C=O) groups is 1. The maximum absolute atomic E-state index is 11.5. The molecule has 1 aromatic rings. The highest BCUT2D eigenvalue weighted by Gasteiger charge is 2.21. The van der Waals surface area contributed by atoms with Crippen LogP contribution in [0.2, 0.25) is 0 Å². The molecule has 1 unspecified atom stereocenters. The lowest BCUT2D eigenvalue weighted by Gasteiger charge is -2.20. The monoisotopic (exact) mass is 208 g/mol. The van der Waals surface area contributed by atoms with Gasteiger partial charge in [-0.15, -0.1) is 0 Å². The van der Waals surface area contributed by atoms with Crippen molar-refractivity contribution in [1.82, 2.24) is 15.3 Å². The van der Waals surface area contributed by atoms with Gasteiger partial charge in [-0.1, -0.05) is 13.8 Å². The van der Waals surface area contributed by atoms with Crippen molar-refractivity contribution in [2.45, 2.75) is 19.9 Å². The zero-order valence-corrected chi connectivity index (χ0v) is 9.19. The molecule has 1 amide bonds. The van der Waals surface area contributed by atoms with Crippen LogP contribution in [-0.2, 0) is 4.79 Å². The first-order valence-electron chi connectivity index (χ1n) is 4.90.